The van der Waals surface area contributed by atoms with Crippen LogP contribution in [0.2, 0.25) is 0 Å². The minimum absolute atomic E-state index is 0.0546. The summed E-state index contributed by atoms with van der Waals surface area (Å²) in [6, 6.07) is 5.28. The fourth-order valence-corrected chi connectivity index (χ4v) is 2.65. The standard InChI is InChI=1S/C14H20F3NOS/c1-10(18-13(7-8-19)9-20-2)11-3-5-12(6-4-11)14(15,16)17/h3-6,10,13,18-19H,7-9H2,1-2H3. The molecular formula is C14H20F3NOS. The third-order valence-corrected chi connectivity index (χ3v) is 3.80. The normalized spacial score (nSPS) is 15.1. The molecule has 0 aliphatic carbocycles. The lowest BCUT2D eigenvalue weighted by Gasteiger charge is -2.23. The van der Waals surface area contributed by atoms with Gasteiger partial charge in [-0.3, -0.25) is 0 Å². The van der Waals surface area contributed by atoms with Crippen LogP contribution in [-0.2, 0) is 6.18 Å². The lowest BCUT2D eigenvalue weighted by atomic mass is 10.0. The highest BCUT2D eigenvalue weighted by Gasteiger charge is 2.30. The molecule has 0 radical (unpaired) electrons. The Bertz CT molecular complexity index is 388. The van der Waals surface area contributed by atoms with Gasteiger partial charge in [0, 0.05) is 24.4 Å². The van der Waals surface area contributed by atoms with Gasteiger partial charge in [-0.2, -0.15) is 24.9 Å². The molecule has 1 aromatic rings. The van der Waals surface area contributed by atoms with Crippen molar-refractivity contribution in [2.24, 2.45) is 0 Å². The first-order valence-corrected chi connectivity index (χ1v) is 7.81. The quantitative estimate of drug-likeness (QED) is 0.809. The van der Waals surface area contributed by atoms with Crippen molar-refractivity contribution in [1.29, 1.82) is 0 Å². The number of alkyl halides is 3. The van der Waals surface area contributed by atoms with E-state index in [-0.39, 0.29) is 18.7 Å². The summed E-state index contributed by atoms with van der Waals surface area (Å²) in [7, 11) is 0. The predicted molar refractivity (Wildman–Crippen MR) is 76.9 cm³/mol. The van der Waals surface area contributed by atoms with E-state index in [9.17, 15) is 13.2 Å². The van der Waals surface area contributed by atoms with Crippen molar-refractivity contribution < 1.29 is 18.3 Å². The maximum atomic E-state index is 12.5. The van der Waals surface area contributed by atoms with Crippen LogP contribution in [0.15, 0.2) is 24.3 Å². The Labute approximate surface area is 121 Å². The SMILES string of the molecule is CSCC(CCO)NC(C)c1ccc(C(F)(F)F)cc1. The van der Waals surface area contributed by atoms with Crippen LogP contribution in [0, 0.1) is 0 Å². The van der Waals surface area contributed by atoms with Crippen LogP contribution in [0.3, 0.4) is 0 Å². The third kappa shape index (κ3) is 5.34. The van der Waals surface area contributed by atoms with Crippen LogP contribution in [0.5, 0.6) is 0 Å². The Balaban J connectivity index is 2.69. The van der Waals surface area contributed by atoms with Gasteiger partial charge in [0.25, 0.3) is 0 Å². The summed E-state index contributed by atoms with van der Waals surface area (Å²) in [6.07, 6.45) is -1.69. The molecule has 1 rings (SSSR count). The second kappa shape index (κ2) is 7.90. The van der Waals surface area contributed by atoms with Crippen molar-refractivity contribution in [2.45, 2.75) is 31.6 Å². The van der Waals surface area contributed by atoms with E-state index in [2.05, 4.69) is 5.32 Å². The minimum atomic E-state index is -4.30. The summed E-state index contributed by atoms with van der Waals surface area (Å²) in [6.45, 7) is 2.01. The highest BCUT2D eigenvalue weighted by Crippen LogP contribution is 2.30. The molecular weight excluding hydrogens is 287 g/mol. The fourth-order valence-electron chi connectivity index (χ4n) is 1.98. The third-order valence-electron chi connectivity index (χ3n) is 3.07. The maximum Gasteiger partial charge on any atom is 0.416 e. The molecule has 0 bridgehead atoms. The highest BCUT2D eigenvalue weighted by molar-refractivity contribution is 7.98. The molecule has 0 aliphatic heterocycles. The molecule has 0 fully saturated rings. The van der Waals surface area contributed by atoms with Crippen LogP contribution in [0.4, 0.5) is 13.2 Å². The van der Waals surface area contributed by atoms with Gasteiger partial charge in [-0.05, 0) is 37.3 Å². The van der Waals surface area contributed by atoms with Gasteiger partial charge in [0.1, 0.15) is 0 Å². The molecule has 20 heavy (non-hydrogen) atoms. The van der Waals surface area contributed by atoms with E-state index in [0.717, 1.165) is 23.4 Å². The first kappa shape index (κ1) is 17.3. The zero-order valence-corrected chi connectivity index (χ0v) is 12.4. The van der Waals surface area contributed by atoms with Crippen molar-refractivity contribution in [3.8, 4) is 0 Å². The summed E-state index contributed by atoms with van der Waals surface area (Å²) in [5.41, 5.74) is 0.173. The molecule has 2 N–H and O–H groups in total. The number of aliphatic hydroxyl groups excluding tert-OH is 1. The molecule has 0 aliphatic rings. The van der Waals surface area contributed by atoms with E-state index in [1.807, 2.05) is 13.2 Å². The molecule has 0 aromatic heterocycles. The highest BCUT2D eigenvalue weighted by atomic mass is 32.2. The number of halogens is 3. The second-order valence-electron chi connectivity index (χ2n) is 4.67. The van der Waals surface area contributed by atoms with Crippen LogP contribution >= 0.6 is 11.8 Å². The maximum absolute atomic E-state index is 12.5. The Morgan fingerprint density at radius 1 is 1.25 bits per heavy atom. The first-order valence-electron chi connectivity index (χ1n) is 6.41. The van der Waals surface area contributed by atoms with Gasteiger partial charge in [-0.1, -0.05) is 12.1 Å². The van der Waals surface area contributed by atoms with Gasteiger partial charge in [0.05, 0.1) is 5.56 Å². The first-order chi connectivity index (χ1) is 9.38. The lowest BCUT2D eigenvalue weighted by molar-refractivity contribution is -0.137. The van der Waals surface area contributed by atoms with E-state index in [4.69, 9.17) is 5.11 Å². The Morgan fingerprint density at radius 3 is 2.30 bits per heavy atom. The largest absolute Gasteiger partial charge is 0.416 e. The zero-order chi connectivity index (χ0) is 15.2. The van der Waals surface area contributed by atoms with Crippen molar-refractivity contribution in [1.82, 2.24) is 5.32 Å². The molecule has 0 spiro atoms. The molecule has 2 unspecified atom stereocenters. The number of hydrogen-bond acceptors (Lipinski definition) is 3. The van der Waals surface area contributed by atoms with Crippen LogP contribution < -0.4 is 5.32 Å². The van der Waals surface area contributed by atoms with Crippen LogP contribution in [0.1, 0.15) is 30.5 Å². The van der Waals surface area contributed by atoms with E-state index >= 15 is 0 Å². The smallest absolute Gasteiger partial charge is 0.396 e. The van der Waals surface area contributed by atoms with E-state index in [0.29, 0.717) is 6.42 Å². The number of nitrogens with one attached hydrogen (secondary N) is 1. The van der Waals surface area contributed by atoms with Crippen LogP contribution in [0.25, 0.3) is 0 Å². The number of thioether (sulfide) groups is 1. The van der Waals surface area contributed by atoms with Gasteiger partial charge in [-0.25, -0.2) is 0 Å². The van der Waals surface area contributed by atoms with Crippen molar-refractivity contribution in [2.75, 3.05) is 18.6 Å². The molecule has 1 aromatic carbocycles. The van der Waals surface area contributed by atoms with Gasteiger partial charge in [0.15, 0.2) is 0 Å². The summed E-state index contributed by atoms with van der Waals surface area (Å²) in [5, 5.41) is 12.3. The fraction of sp³-hybridized carbons (Fsp3) is 0.571. The Morgan fingerprint density at radius 2 is 1.85 bits per heavy atom. The average Bonchev–Trinajstić information content (AvgIpc) is 2.38. The van der Waals surface area contributed by atoms with Crippen molar-refractivity contribution >= 4 is 11.8 Å². The molecule has 2 atom stereocenters. The van der Waals surface area contributed by atoms with Gasteiger partial charge in [-0.15, -0.1) is 0 Å². The summed E-state index contributed by atoms with van der Waals surface area (Å²) in [5.74, 6) is 0.853. The van der Waals surface area contributed by atoms with E-state index in [1.165, 1.54) is 12.1 Å². The molecule has 114 valence electrons. The minimum Gasteiger partial charge on any atom is -0.396 e. The number of rotatable bonds is 7. The molecule has 0 heterocycles. The van der Waals surface area contributed by atoms with E-state index in [1.54, 1.807) is 11.8 Å². The van der Waals surface area contributed by atoms with Crippen molar-refractivity contribution in [3.05, 3.63) is 35.4 Å². The average molecular weight is 307 g/mol. The zero-order valence-electron chi connectivity index (χ0n) is 11.6. The Kier molecular flexibility index (Phi) is 6.85. The summed E-state index contributed by atoms with van der Waals surface area (Å²) < 4.78 is 37.5. The summed E-state index contributed by atoms with van der Waals surface area (Å²) >= 11 is 1.67. The van der Waals surface area contributed by atoms with Gasteiger partial charge in [0.2, 0.25) is 0 Å². The van der Waals surface area contributed by atoms with Gasteiger partial charge >= 0.3 is 6.18 Å². The molecule has 6 heteroatoms. The van der Waals surface area contributed by atoms with Crippen LogP contribution in [-0.4, -0.2) is 29.8 Å². The molecule has 0 amide bonds. The monoisotopic (exact) mass is 307 g/mol. The summed E-state index contributed by atoms with van der Waals surface area (Å²) in [4.78, 5) is 0. The molecule has 2 nitrogen and oxygen atoms in total. The second-order valence-corrected chi connectivity index (χ2v) is 5.58. The molecule has 0 saturated carbocycles. The number of hydrogen-bond donors (Lipinski definition) is 2. The molecule has 0 saturated heterocycles. The Hall–Kier alpha value is -0.720. The number of aliphatic hydroxyl groups is 1. The van der Waals surface area contributed by atoms with Gasteiger partial charge < -0.3 is 10.4 Å². The number of benzene rings is 1. The lowest BCUT2D eigenvalue weighted by Crippen LogP contribution is -2.34. The topological polar surface area (TPSA) is 32.3 Å². The van der Waals surface area contributed by atoms with Crippen molar-refractivity contribution in [3.63, 3.8) is 0 Å². The van der Waals surface area contributed by atoms with E-state index < -0.39 is 11.7 Å². The predicted octanol–water partition coefficient (Wildman–Crippen LogP) is 3.47.